The van der Waals surface area contributed by atoms with Crippen LogP contribution in [0.3, 0.4) is 0 Å². The Hall–Kier alpha value is -4.55. The molecule has 2 aromatic rings. The first-order chi connectivity index (χ1) is 26.0. The summed E-state index contributed by atoms with van der Waals surface area (Å²) >= 11 is 0. The molecule has 1 saturated heterocycles. The average Bonchev–Trinajstić information content (AvgIpc) is 3.98. The Bertz CT molecular complexity index is 1910. The normalized spacial score (nSPS) is 26.8. The van der Waals surface area contributed by atoms with E-state index in [9.17, 15) is 45.2 Å². The van der Waals surface area contributed by atoms with Gasteiger partial charge in [0.2, 0.25) is 39.7 Å². The molecule has 4 aliphatic rings. The fourth-order valence-corrected chi connectivity index (χ4v) is 7.44. The van der Waals surface area contributed by atoms with Crippen LogP contribution in [0.4, 0.5) is 22.4 Å². The zero-order valence-electron chi connectivity index (χ0n) is 32.0. The Morgan fingerprint density at radius 2 is 1.82 bits per heavy atom. The SMILES string of the molecule is CC(C)(OC(N)=O)C(F)(F)F.CC1(S(=O)(=O)NC=O)CC1.C[C@@H]1CC/C=C\[C@@H]2C[C@H]2NC(=O)[C@@H]2C[C@@H](Oc3cnc4cc(F)ccc4n3)CN2C(=O)C[C@H](C)C1.[HH].[HH].[HH]. The molecule has 14 nitrogen and oxygen atoms in total. The number of primary amides is 1. The van der Waals surface area contributed by atoms with E-state index in [1.54, 1.807) is 17.9 Å². The van der Waals surface area contributed by atoms with E-state index in [1.807, 2.05) is 4.72 Å². The van der Waals surface area contributed by atoms with E-state index in [0.29, 0.717) is 61.0 Å². The highest BCUT2D eigenvalue weighted by Gasteiger charge is 2.51. The number of sulfonamides is 1. The number of nitrogens with one attached hydrogen (secondary N) is 2. The van der Waals surface area contributed by atoms with Crippen molar-refractivity contribution >= 4 is 45.4 Å². The summed E-state index contributed by atoms with van der Waals surface area (Å²) in [5.74, 6) is 0.996. The van der Waals surface area contributed by atoms with Crippen LogP contribution in [0.1, 0.15) is 90.3 Å². The standard InChI is InChI=1S/C27H33FN4O3.C5H8F3NO2.C5H9NO3S.3H2/c1-16-5-3-4-6-18-11-22(18)31-27(34)24-13-20(15-32(24)26(33)10-17(2)9-16)35-25-14-29-23-12-19(28)7-8-21(23)30-25;1-4(2,5(6,7)8)11-3(9)10;1-5(2-3-5)10(8,9)6-4-7;;;/h4,6-8,12,14,16-18,20,22,24H,3,5,9-11,13,15H2,1-2H3,(H,31,34);1-2H3,(H2,9,10);4H,2-3H2,1H3,(H,6,7);3*1H/b6-4-;;;;;/t16-,17-,18-,20-,22-,24+;;;;;/m1...../s1. The number of nitrogens with zero attached hydrogens (tertiary/aromatic N) is 3. The molecule has 1 aromatic heterocycles. The second kappa shape index (κ2) is 17.7. The van der Waals surface area contributed by atoms with Crippen LogP contribution in [0.5, 0.6) is 5.88 Å². The van der Waals surface area contributed by atoms with Gasteiger partial charge in [-0.25, -0.2) is 27.6 Å². The number of carbonyl (C=O) groups is 4. The zero-order valence-corrected chi connectivity index (χ0v) is 32.8. The number of aromatic nitrogens is 2. The third-order valence-electron chi connectivity index (χ3n) is 10.2. The molecule has 0 radical (unpaired) electrons. The van der Waals surface area contributed by atoms with Gasteiger partial charge in [-0.3, -0.25) is 19.1 Å². The van der Waals surface area contributed by atoms with E-state index in [-0.39, 0.29) is 46.4 Å². The van der Waals surface area contributed by atoms with Gasteiger partial charge in [0.1, 0.15) is 18.0 Å². The topological polar surface area (TPSA) is 200 Å². The lowest BCUT2D eigenvalue weighted by molar-refractivity contribution is -0.243. The van der Waals surface area contributed by atoms with E-state index < -0.39 is 38.7 Å². The number of fused-ring (bicyclic) bond motifs is 3. The number of nitrogens with two attached hydrogens (primary N) is 1. The van der Waals surface area contributed by atoms with Crippen molar-refractivity contribution in [3.63, 3.8) is 0 Å². The minimum atomic E-state index is -4.60. The quantitative estimate of drug-likeness (QED) is 0.182. The summed E-state index contributed by atoms with van der Waals surface area (Å²) in [4.78, 5) is 56.6. The molecule has 3 heterocycles. The zero-order chi connectivity index (χ0) is 41.6. The first-order valence-electron chi connectivity index (χ1n) is 18.4. The van der Waals surface area contributed by atoms with Gasteiger partial charge in [-0.1, -0.05) is 26.0 Å². The number of alkyl halides is 3. The Morgan fingerprint density at radius 1 is 1.12 bits per heavy atom. The molecule has 56 heavy (non-hydrogen) atoms. The number of ether oxygens (including phenoxy) is 2. The van der Waals surface area contributed by atoms with Gasteiger partial charge in [-0.15, -0.1) is 0 Å². The molecule has 0 unspecified atom stereocenters. The molecular weight excluding hydrogens is 764 g/mol. The van der Waals surface area contributed by atoms with Crippen molar-refractivity contribution in [2.24, 2.45) is 23.5 Å². The van der Waals surface area contributed by atoms with Crippen LogP contribution in [0.15, 0.2) is 36.5 Å². The Labute approximate surface area is 327 Å². The van der Waals surface area contributed by atoms with Crippen LogP contribution in [-0.2, 0) is 29.1 Å². The predicted octanol–water partition coefficient (Wildman–Crippen LogP) is 5.80. The largest absolute Gasteiger partial charge is 0.471 e. The van der Waals surface area contributed by atoms with Gasteiger partial charge in [0, 0.05) is 29.2 Å². The number of carbonyl (C=O) groups excluding carboxylic acids is 4. The molecular formula is C37H56F4N6O8S. The first kappa shape index (κ1) is 44.2. The van der Waals surface area contributed by atoms with Gasteiger partial charge in [-0.2, -0.15) is 13.2 Å². The summed E-state index contributed by atoms with van der Waals surface area (Å²) in [6.45, 7) is 7.76. The van der Waals surface area contributed by atoms with Crippen LogP contribution >= 0.6 is 0 Å². The highest BCUT2D eigenvalue weighted by molar-refractivity contribution is 7.91. The molecule has 6 rings (SSSR count). The van der Waals surface area contributed by atoms with Crippen molar-refractivity contribution in [1.29, 1.82) is 0 Å². The van der Waals surface area contributed by atoms with E-state index in [1.165, 1.54) is 18.3 Å². The highest BCUT2D eigenvalue weighted by Crippen LogP contribution is 2.42. The second-order valence-corrected chi connectivity index (χ2v) is 17.9. The Kier molecular flexibility index (Phi) is 14.0. The summed E-state index contributed by atoms with van der Waals surface area (Å²) < 4.78 is 82.0. The maximum absolute atomic E-state index is 13.4. The summed E-state index contributed by atoms with van der Waals surface area (Å²) in [7, 11) is -3.35. The molecule has 4 amide bonds. The van der Waals surface area contributed by atoms with Crippen molar-refractivity contribution in [2.75, 3.05) is 6.54 Å². The van der Waals surface area contributed by atoms with Gasteiger partial charge in [0.05, 0.1) is 28.5 Å². The highest BCUT2D eigenvalue weighted by atomic mass is 32.2. The third kappa shape index (κ3) is 12.0. The van der Waals surface area contributed by atoms with Gasteiger partial charge in [0.25, 0.3) is 0 Å². The van der Waals surface area contributed by atoms with E-state index >= 15 is 0 Å². The fraction of sp³-hybridized carbons (Fsp3) is 0.622. The van der Waals surface area contributed by atoms with E-state index in [0.717, 1.165) is 39.5 Å². The third-order valence-corrected chi connectivity index (χ3v) is 12.3. The van der Waals surface area contributed by atoms with Crippen molar-refractivity contribution < 1.29 is 58.9 Å². The Balaban J connectivity index is 0.000000601. The number of amides is 4. The number of hydrogen-bond donors (Lipinski definition) is 3. The van der Waals surface area contributed by atoms with Crippen molar-refractivity contribution in [3.8, 4) is 5.88 Å². The number of rotatable bonds is 6. The molecule has 4 N–H and O–H groups in total. The molecule has 3 fully saturated rings. The second-order valence-electron chi connectivity index (χ2n) is 15.7. The summed E-state index contributed by atoms with van der Waals surface area (Å²) in [5.41, 5.74) is 2.87. The molecule has 0 bridgehead atoms. The van der Waals surface area contributed by atoms with Crippen LogP contribution in [0.25, 0.3) is 11.0 Å². The van der Waals surface area contributed by atoms with Gasteiger partial charge >= 0.3 is 12.3 Å². The molecule has 0 spiro atoms. The summed E-state index contributed by atoms with van der Waals surface area (Å²) in [5, 5.41) is 3.15. The van der Waals surface area contributed by atoms with Gasteiger partial charge in [-0.05, 0) is 89.2 Å². The molecule has 6 atom stereocenters. The maximum atomic E-state index is 13.4. The van der Waals surface area contributed by atoms with Crippen LogP contribution in [0.2, 0.25) is 0 Å². The first-order valence-corrected chi connectivity index (χ1v) is 19.9. The lowest BCUT2D eigenvalue weighted by Crippen LogP contribution is -2.47. The lowest BCUT2D eigenvalue weighted by atomic mass is 9.91. The van der Waals surface area contributed by atoms with Crippen LogP contribution in [-0.4, -0.2) is 88.9 Å². The van der Waals surface area contributed by atoms with Gasteiger partial charge in [0.15, 0.2) is 0 Å². The molecule has 2 saturated carbocycles. The number of hydrogen-bond acceptors (Lipinski definition) is 10. The Morgan fingerprint density at radius 3 is 2.43 bits per heavy atom. The molecule has 19 heteroatoms. The smallest absolute Gasteiger partial charge is 0.427 e. The van der Waals surface area contributed by atoms with Crippen molar-refractivity contribution in [3.05, 3.63) is 42.4 Å². The molecule has 2 aliphatic heterocycles. The van der Waals surface area contributed by atoms with Gasteiger partial charge < -0.3 is 25.4 Å². The monoisotopic (exact) mass is 820 g/mol. The average molecular weight is 821 g/mol. The van der Waals surface area contributed by atoms with Crippen molar-refractivity contribution in [2.45, 2.75) is 121 Å². The summed E-state index contributed by atoms with van der Waals surface area (Å²) in [6.07, 6.45) is 5.95. The maximum Gasteiger partial charge on any atom is 0.427 e. The molecule has 1 aromatic carbocycles. The lowest BCUT2D eigenvalue weighted by Gasteiger charge is -2.26. The van der Waals surface area contributed by atoms with E-state index in [4.69, 9.17) is 4.74 Å². The summed E-state index contributed by atoms with van der Waals surface area (Å²) in [6, 6.07) is 3.80. The van der Waals surface area contributed by atoms with Crippen molar-refractivity contribution in [1.82, 2.24) is 24.9 Å². The number of halogens is 4. The van der Waals surface area contributed by atoms with E-state index in [2.05, 4.69) is 51.8 Å². The molecule has 2 aliphatic carbocycles. The number of benzene rings is 1. The predicted molar refractivity (Wildman–Crippen MR) is 203 cm³/mol. The minimum Gasteiger partial charge on any atom is -0.471 e. The molecule has 316 valence electrons. The van der Waals surface area contributed by atoms with Crippen LogP contribution in [0, 0.1) is 23.6 Å². The minimum absolute atomic E-state index is 0. The van der Waals surface area contributed by atoms with Crippen LogP contribution < -0.4 is 20.5 Å². The fourth-order valence-electron chi connectivity index (χ4n) is 6.39. The number of allylic oxidation sites excluding steroid dienone is 1.